The number of benzene rings is 1. The molecule has 1 aromatic carbocycles. The topological polar surface area (TPSA) is 21.3 Å². The molecule has 2 saturated heterocycles. The van der Waals surface area contributed by atoms with Gasteiger partial charge >= 0.3 is 0 Å². The van der Waals surface area contributed by atoms with E-state index in [1.54, 1.807) is 0 Å². The highest BCUT2D eigenvalue weighted by atomic mass is 16.5. The quantitative estimate of drug-likeness (QED) is 0.819. The first kappa shape index (κ1) is 10.3. The third-order valence-corrected chi connectivity index (χ3v) is 4.02. The average Bonchev–Trinajstić information content (AvgIpc) is 2.91. The van der Waals surface area contributed by atoms with Gasteiger partial charge in [-0.25, -0.2) is 0 Å². The van der Waals surface area contributed by atoms with Crippen LogP contribution in [0.25, 0.3) is 0 Å². The van der Waals surface area contributed by atoms with Crippen LogP contribution in [0.4, 0.5) is 0 Å². The molecule has 2 aliphatic heterocycles. The molecule has 0 radical (unpaired) electrons. The van der Waals surface area contributed by atoms with Crippen molar-refractivity contribution in [3.8, 4) is 0 Å². The molecular formula is C14H19NO. The molecular weight excluding hydrogens is 198 g/mol. The molecule has 0 aliphatic carbocycles. The largest absolute Gasteiger partial charge is 0.381 e. The zero-order valence-corrected chi connectivity index (χ0v) is 9.78. The van der Waals surface area contributed by atoms with E-state index in [4.69, 9.17) is 4.74 Å². The van der Waals surface area contributed by atoms with Crippen LogP contribution in [0.3, 0.4) is 0 Å². The second kappa shape index (κ2) is 4.19. The first-order valence-corrected chi connectivity index (χ1v) is 6.28. The molecule has 1 aromatic rings. The zero-order valence-electron chi connectivity index (χ0n) is 9.78. The number of aryl methyl sites for hydroxylation is 1. The van der Waals surface area contributed by atoms with Gasteiger partial charge in [0.2, 0.25) is 0 Å². The number of hydrogen-bond donors (Lipinski definition) is 1. The molecule has 86 valence electrons. The van der Waals surface area contributed by atoms with E-state index in [0.717, 1.165) is 32.1 Å². The highest BCUT2D eigenvalue weighted by Crippen LogP contribution is 2.37. The Morgan fingerprint density at radius 1 is 1.25 bits per heavy atom. The third kappa shape index (κ3) is 1.66. The predicted octanol–water partition coefficient (Wildman–Crippen LogP) is 2.16. The maximum atomic E-state index is 5.57. The van der Waals surface area contributed by atoms with Gasteiger partial charge in [0.05, 0.1) is 13.2 Å². The summed E-state index contributed by atoms with van der Waals surface area (Å²) in [6.07, 6.45) is 1.12. The molecule has 16 heavy (non-hydrogen) atoms. The van der Waals surface area contributed by atoms with Gasteiger partial charge in [0, 0.05) is 24.4 Å². The number of fused-ring (bicyclic) bond motifs is 1. The fraction of sp³-hybridized carbons (Fsp3) is 0.571. The van der Waals surface area contributed by atoms with Crippen LogP contribution < -0.4 is 5.32 Å². The Hall–Kier alpha value is -0.860. The van der Waals surface area contributed by atoms with Gasteiger partial charge in [-0.1, -0.05) is 31.2 Å². The number of ether oxygens (including phenoxy) is 1. The summed E-state index contributed by atoms with van der Waals surface area (Å²) in [5, 5.41) is 3.63. The summed E-state index contributed by atoms with van der Waals surface area (Å²) in [7, 11) is 0. The zero-order chi connectivity index (χ0) is 11.0. The number of rotatable bonds is 2. The van der Waals surface area contributed by atoms with E-state index in [-0.39, 0.29) is 0 Å². The van der Waals surface area contributed by atoms with Crippen molar-refractivity contribution in [3.05, 3.63) is 35.4 Å². The first-order valence-electron chi connectivity index (χ1n) is 6.28. The first-order chi connectivity index (χ1) is 7.88. The monoisotopic (exact) mass is 217 g/mol. The molecule has 2 heteroatoms. The summed E-state index contributed by atoms with van der Waals surface area (Å²) < 4.78 is 5.57. The standard InChI is InChI=1S/C14H19NO/c1-2-10-3-5-11(6-4-10)14-13-9-16-8-12(13)7-15-14/h3-6,12-15H,2,7-9H2,1H3/t12-,13?,14?/m1/s1. The Balaban J connectivity index is 1.81. The van der Waals surface area contributed by atoms with Gasteiger partial charge in [0.25, 0.3) is 0 Å². The number of nitrogens with one attached hydrogen (secondary N) is 1. The summed E-state index contributed by atoms with van der Waals surface area (Å²) in [5.41, 5.74) is 2.84. The van der Waals surface area contributed by atoms with E-state index in [2.05, 4.69) is 36.5 Å². The van der Waals surface area contributed by atoms with E-state index in [1.165, 1.54) is 11.1 Å². The van der Waals surface area contributed by atoms with Gasteiger partial charge in [-0.15, -0.1) is 0 Å². The minimum Gasteiger partial charge on any atom is -0.381 e. The molecule has 2 fully saturated rings. The van der Waals surface area contributed by atoms with Crippen molar-refractivity contribution in [2.75, 3.05) is 19.8 Å². The lowest BCUT2D eigenvalue weighted by molar-refractivity contribution is 0.169. The van der Waals surface area contributed by atoms with Crippen LogP contribution in [0.5, 0.6) is 0 Å². The van der Waals surface area contributed by atoms with Gasteiger partial charge in [-0.05, 0) is 17.5 Å². The van der Waals surface area contributed by atoms with Crippen molar-refractivity contribution < 1.29 is 4.74 Å². The fourth-order valence-corrected chi connectivity index (χ4v) is 2.95. The van der Waals surface area contributed by atoms with Crippen LogP contribution >= 0.6 is 0 Å². The van der Waals surface area contributed by atoms with E-state index in [9.17, 15) is 0 Å². The highest BCUT2D eigenvalue weighted by Gasteiger charge is 2.40. The van der Waals surface area contributed by atoms with Gasteiger partial charge in [-0.3, -0.25) is 0 Å². The SMILES string of the molecule is CCc1ccc(C2NC[C@@H]3COCC23)cc1. The summed E-state index contributed by atoms with van der Waals surface area (Å²) in [6.45, 7) is 5.19. The Morgan fingerprint density at radius 3 is 2.81 bits per heavy atom. The highest BCUT2D eigenvalue weighted by molar-refractivity contribution is 5.26. The van der Waals surface area contributed by atoms with Crippen molar-refractivity contribution in [2.45, 2.75) is 19.4 Å². The van der Waals surface area contributed by atoms with Gasteiger partial charge in [0.1, 0.15) is 0 Å². The van der Waals surface area contributed by atoms with Crippen LogP contribution in [-0.2, 0) is 11.2 Å². The Kier molecular flexibility index (Phi) is 2.70. The fourth-order valence-electron chi connectivity index (χ4n) is 2.95. The van der Waals surface area contributed by atoms with E-state index in [1.807, 2.05) is 0 Å². The second-order valence-corrected chi connectivity index (χ2v) is 4.94. The Bertz CT molecular complexity index is 360. The average molecular weight is 217 g/mol. The maximum Gasteiger partial charge on any atom is 0.0516 e. The molecule has 3 rings (SSSR count). The normalized spacial score (nSPS) is 32.9. The molecule has 1 N–H and O–H groups in total. The molecule has 2 aliphatic rings. The molecule has 2 unspecified atom stereocenters. The van der Waals surface area contributed by atoms with Crippen molar-refractivity contribution in [3.63, 3.8) is 0 Å². The van der Waals surface area contributed by atoms with Crippen LogP contribution in [0.1, 0.15) is 24.1 Å². The van der Waals surface area contributed by atoms with E-state index in [0.29, 0.717) is 12.0 Å². The summed E-state index contributed by atoms with van der Waals surface area (Å²) >= 11 is 0. The molecule has 0 amide bonds. The van der Waals surface area contributed by atoms with Crippen LogP contribution in [0.2, 0.25) is 0 Å². The molecule has 0 spiro atoms. The number of hydrogen-bond acceptors (Lipinski definition) is 2. The lowest BCUT2D eigenvalue weighted by Crippen LogP contribution is -2.19. The van der Waals surface area contributed by atoms with E-state index < -0.39 is 0 Å². The molecule has 2 nitrogen and oxygen atoms in total. The third-order valence-electron chi connectivity index (χ3n) is 4.02. The maximum absolute atomic E-state index is 5.57. The van der Waals surface area contributed by atoms with Crippen molar-refractivity contribution in [1.82, 2.24) is 5.32 Å². The van der Waals surface area contributed by atoms with Gasteiger partial charge < -0.3 is 10.1 Å². The van der Waals surface area contributed by atoms with Crippen molar-refractivity contribution in [2.24, 2.45) is 11.8 Å². The lowest BCUT2D eigenvalue weighted by atomic mass is 9.89. The van der Waals surface area contributed by atoms with E-state index >= 15 is 0 Å². The van der Waals surface area contributed by atoms with Gasteiger partial charge in [-0.2, -0.15) is 0 Å². The lowest BCUT2D eigenvalue weighted by Gasteiger charge is -2.17. The van der Waals surface area contributed by atoms with Crippen LogP contribution in [0.15, 0.2) is 24.3 Å². The minimum absolute atomic E-state index is 0.512. The second-order valence-electron chi connectivity index (χ2n) is 4.94. The molecule has 0 saturated carbocycles. The minimum atomic E-state index is 0.512. The predicted molar refractivity (Wildman–Crippen MR) is 64.4 cm³/mol. The molecule has 2 heterocycles. The van der Waals surface area contributed by atoms with Gasteiger partial charge in [0.15, 0.2) is 0 Å². The Labute approximate surface area is 97.0 Å². The molecule has 0 bridgehead atoms. The summed E-state index contributed by atoms with van der Waals surface area (Å²) in [5.74, 6) is 1.42. The molecule has 0 aromatic heterocycles. The smallest absolute Gasteiger partial charge is 0.0516 e. The van der Waals surface area contributed by atoms with Crippen molar-refractivity contribution in [1.29, 1.82) is 0 Å². The van der Waals surface area contributed by atoms with Crippen molar-refractivity contribution >= 4 is 0 Å². The summed E-state index contributed by atoms with van der Waals surface area (Å²) in [4.78, 5) is 0. The van der Waals surface area contributed by atoms with Crippen LogP contribution in [-0.4, -0.2) is 19.8 Å². The Morgan fingerprint density at radius 2 is 2.06 bits per heavy atom. The van der Waals surface area contributed by atoms with Crippen LogP contribution in [0, 0.1) is 11.8 Å². The molecule has 3 atom stereocenters. The summed E-state index contributed by atoms with van der Waals surface area (Å²) in [6, 6.07) is 9.56.